The fourth-order valence-electron chi connectivity index (χ4n) is 1.64. The van der Waals surface area contributed by atoms with E-state index in [0.29, 0.717) is 11.3 Å². The summed E-state index contributed by atoms with van der Waals surface area (Å²) in [7, 11) is 0. The van der Waals surface area contributed by atoms with Crippen LogP contribution in [-0.4, -0.2) is 40.2 Å². The van der Waals surface area contributed by atoms with Gasteiger partial charge in [-0.2, -0.15) is 17.2 Å². The Labute approximate surface area is 136 Å². The van der Waals surface area contributed by atoms with Crippen LogP contribution in [0.5, 0.6) is 0 Å². The summed E-state index contributed by atoms with van der Waals surface area (Å²) in [6, 6.07) is 1.48. The van der Waals surface area contributed by atoms with Crippen molar-refractivity contribution in [1.29, 1.82) is 0 Å². The summed E-state index contributed by atoms with van der Waals surface area (Å²) in [5, 5.41) is 8.90. The lowest BCUT2D eigenvalue weighted by molar-refractivity contribution is -0.157. The van der Waals surface area contributed by atoms with Crippen LogP contribution in [0.1, 0.15) is 30.1 Å². The third-order valence-electron chi connectivity index (χ3n) is 2.68. The van der Waals surface area contributed by atoms with Gasteiger partial charge in [0, 0.05) is 24.3 Å². The Balaban J connectivity index is 2.40. The number of Topliss-reactive ketones (excluding diaryl/α,β-unsaturated/α-hetero) is 1. The van der Waals surface area contributed by atoms with Gasteiger partial charge in [0.1, 0.15) is 6.26 Å². The number of carboxylic acids is 1. The standard InChI is InChI=1S/C14H17NO7S/c1-9(16)15-22-13(19)3-5-23-8-11(6-12(17)18)14(20)10-2-4-21-7-10/h2,4,7,11H,3,5-6,8H2,1H3,(H,15,16)(H,17,18)/t11-/m0/s1. The maximum atomic E-state index is 12.2. The molecule has 1 atom stereocenters. The smallest absolute Gasteiger partial charge is 0.333 e. The Morgan fingerprint density at radius 1 is 1.39 bits per heavy atom. The molecule has 2 N–H and O–H groups in total. The predicted octanol–water partition coefficient (Wildman–Crippen LogP) is 1.27. The van der Waals surface area contributed by atoms with E-state index in [0.717, 1.165) is 0 Å². The first kappa shape index (κ1) is 18.8. The monoisotopic (exact) mass is 343 g/mol. The molecule has 1 aromatic heterocycles. The van der Waals surface area contributed by atoms with Gasteiger partial charge in [-0.25, -0.2) is 4.79 Å². The summed E-state index contributed by atoms with van der Waals surface area (Å²) >= 11 is 1.26. The highest BCUT2D eigenvalue weighted by molar-refractivity contribution is 7.99. The van der Waals surface area contributed by atoms with Crippen LogP contribution in [0.15, 0.2) is 23.0 Å². The molecule has 9 heteroatoms. The fraction of sp³-hybridized carbons (Fsp3) is 0.429. The van der Waals surface area contributed by atoms with E-state index in [1.807, 2.05) is 5.48 Å². The molecule has 1 amide bonds. The number of rotatable bonds is 9. The van der Waals surface area contributed by atoms with Crippen LogP contribution in [0.4, 0.5) is 0 Å². The Morgan fingerprint density at radius 3 is 2.70 bits per heavy atom. The molecule has 0 spiro atoms. The van der Waals surface area contributed by atoms with Crippen LogP contribution in [0.2, 0.25) is 0 Å². The molecular formula is C14H17NO7S. The topological polar surface area (TPSA) is 123 Å². The average Bonchev–Trinajstić information content (AvgIpc) is 3.01. The predicted molar refractivity (Wildman–Crippen MR) is 80.6 cm³/mol. The molecule has 0 unspecified atom stereocenters. The largest absolute Gasteiger partial charge is 0.481 e. The molecule has 126 valence electrons. The number of carboxylic acid groups (broad SMARTS) is 1. The minimum atomic E-state index is -1.07. The first-order valence-corrected chi connectivity index (χ1v) is 7.87. The van der Waals surface area contributed by atoms with Crippen LogP contribution in [0, 0.1) is 5.92 Å². The Bertz CT molecular complexity index is 555. The minimum absolute atomic E-state index is 0.0324. The van der Waals surface area contributed by atoms with E-state index in [4.69, 9.17) is 9.52 Å². The second-order valence-electron chi connectivity index (χ2n) is 4.63. The van der Waals surface area contributed by atoms with Gasteiger partial charge in [0.2, 0.25) is 5.91 Å². The fourth-order valence-corrected chi connectivity index (χ4v) is 2.67. The molecule has 0 saturated carbocycles. The van der Waals surface area contributed by atoms with E-state index < -0.39 is 23.8 Å². The van der Waals surface area contributed by atoms with E-state index in [9.17, 15) is 19.2 Å². The van der Waals surface area contributed by atoms with Gasteiger partial charge in [0.05, 0.1) is 24.7 Å². The number of carbonyl (C=O) groups is 4. The summed E-state index contributed by atoms with van der Waals surface area (Å²) in [5.41, 5.74) is 2.24. The number of hydroxylamine groups is 1. The molecule has 0 aliphatic heterocycles. The Morgan fingerprint density at radius 2 is 2.13 bits per heavy atom. The average molecular weight is 343 g/mol. The van der Waals surface area contributed by atoms with Crippen molar-refractivity contribution in [3.63, 3.8) is 0 Å². The first-order valence-electron chi connectivity index (χ1n) is 6.72. The number of thioether (sulfide) groups is 1. The highest BCUT2D eigenvalue weighted by Crippen LogP contribution is 2.19. The molecule has 0 aliphatic carbocycles. The lowest BCUT2D eigenvalue weighted by Gasteiger charge is -2.12. The highest BCUT2D eigenvalue weighted by Gasteiger charge is 2.23. The zero-order chi connectivity index (χ0) is 17.2. The molecular weight excluding hydrogens is 326 g/mol. The van der Waals surface area contributed by atoms with E-state index in [2.05, 4.69) is 4.84 Å². The molecule has 1 aromatic rings. The maximum absolute atomic E-state index is 12.2. The van der Waals surface area contributed by atoms with E-state index in [1.165, 1.54) is 37.3 Å². The molecule has 0 saturated heterocycles. The lowest BCUT2D eigenvalue weighted by Crippen LogP contribution is -2.24. The number of amides is 1. The summed E-state index contributed by atoms with van der Waals surface area (Å²) in [5.74, 6) is -2.59. The molecule has 0 fully saturated rings. The van der Waals surface area contributed by atoms with Crippen molar-refractivity contribution in [3.05, 3.63) is 24.2 Å². The van der Waals surface area contributed by atoms with Crippen LogP contribution < -0.4 is 5.48 Å². The van der Waals surface area contributed by atoms with Crippen LogP contribution in [0.25, 0.3) is 0 Å². The van der Waals surface area contributed by atoms with E-state index in [-0.39, 0.29) is 24.4 Å². The zero-order valence-electron chi connectivity index (χ0n) is 12.4. The van der Waals surface area contributed by atoms with Crippen LogP contribution in [0.3, 0.4) is 0 Å². The molecule has 23 heavy (non-hydrogen) atoms. The minimum Gasteiger partial charge on any atom is -0.481 e. The van der Waals surface area contributed by atoms with Crippen LogP contribution >= 0.6 is 11.8 Å². The van der Waals surface area contributed by atoms with E-state index in [1.54, 1.807) is 0 Å². The number of aliphatic carboxylic acids is 1. The van der Waals surface area contributed by atoms with Gasteiger partial charge in [-0.1, -0.05) is 0 Å². The van der Waals surface area contributed by atoms with Gasteiger partial charge < -0.3 is 14.4 Å². The number of hydrogen-bond acceptors (Lipinski definition) is 7. The van der Waals surface area contributed by atoms with Crippen molar-refractivity contribution < 1.29 is 33.5 Å². The molecule has 1 heterocycles. The molecule has 0 bridgehead atoms. The summed E-state index contributed by atoms with van der Waals surface area (Å²) in [4.78, 5) is 49.3. The van der Waals surface area contributed by atoms with Crippen molar-refractivity contribution in [2.45, 2.75) is 19.8 Å². The molecule has 0 radical (unpaired) electrons. The summed E-state index contributed by atoms with van der Waals surface area (Å²) in [6.07, 6.45) is 2.35. The van der Waals surface area contributed by atoms with Gasteiger partial charge in [0.15, 0.2) is 5.78 Å². The molecule has 0 aliphatic rings. The van der Waals surface area contributed by atoms with E-state index >= 15 is 0 Å². The molecule has 1 rings (SSSR count). The van der Waals surface area contributed by atoms with Crippen LogP contribution in [-0.2, 0) is 19.2 Å². The second kappa shape index (κ2) is 9.67. The number of ketones is 1. The van der Waals surface area contributed by atoms with Gasteiger partial charge in [-0.05, 0) is 6.07 Å². The third kappa shape index (κ3) is 7.50. The Kier molecular flexibility index (Phi) is 7.89. The van der Waals surface area contributed by atoms with Gasteiger partial charge in [-0.3, -0.25) is 14.4 Å². The quantitative estimate of drug-likeness (QED) is 0.390. The normalized spacial score (nSPS) is 11.5. The van der Waals surface area contributed by atoms with Crippen molar-refractivity contribution in [1.82, 2.24) is 5.48 Å². The first-order chi connectivity index (χ1) is 10.9. The molecule has 0 aromatic carbocycles. The number of carbonyl (C=O) groups excluding carboxylic acids is 3. The number of hydrogen-bond donors (Lipinski definition) is 2. The molecule has 8 nitrogen and oxygen atoms in total. The van der Waals surface area contributed by atoms with Gasteiger partial charge >= 0.3 is 11.9 Å². The second-order valence-corrected chi connectivity index (χ2v) is 5.78. The van der Waals surface area contributed by atoms with Crippen molar-refractivity contribution in [2.24, 2.45) is 5.92 Å². The summed E-state index contributed by atoms with van der Waals surface area (Å²) in [6.45, 7) is 1.21. The maximum Gasteiger partial charge on any atom is 0.333 e. The number of furan rings is 1. The summed E-state index contributed by atoms with van der Waals surface area (Å²) < 4.78 is 4.82. The van der Waals surface area contributed by atoms with Crippen molar-refractivity contribution >= 4 is 35.4 Å². The van der Waals surface area contributed by atoms with Crippen molar-refractivity contribution in [3.8, 4) is 0 Å². The lowest BCUT2D eigenvalue weighted by atomic mass is 9.98. The zero-order valence-corrected chi connectivity index (χ0v) is 13.3. The van der Waals surface area contributed by atoms with Gasteiger partial charge in [-0.15, -0.1) is 0 Å². The Hall–Kier alpha value is -2.29. The SMILES string of the molecule is CC(=O)NOC(=O)CCSC[C@H](CC(=O)O)C(=O)c1ccoc1. The van der Waals surface area contributed by atoms with Crippen molar-refractivity contribution in [2.75, 3.05) is 11.5 Å². The third-order valence-corrected chi connectivity index (χ3v) is 3.81. The highest BCUT2D eigenvalue weighted by atomic mass is 32.2. The number of nitrogens with one attached hydrogen (secondary N) is 1. The van der Waals surface area contributed by atoms with Gasteiger partial charge in [0.25, 0.3) is 0 Å².